The van der Waals surface area contributed by atoms with Crippen LogP contribution in [-0.2, 0) is 4.74 Å². The highest BCUT2D eigenvalue weighted by Gasteiger charge is 2.15. The number of hydrogen-bond acceptors (Lipinski definition) is 9. The van der Waals surface area contributed by atoms with E-state index in [0.29, 0.717) is 46.8 Å². The summed E-state index contributed by atoms with van der Waals surface area (Å²) in [7, 11) is 1.54. The molecule has 1 saturated heterocycles. The van der Waals surface area contributed by atoms with E-state index in [0.717, 1.165) is 43.6 Å². The van der Waals surface area contributed by atoms with E-state index in [9.17, 15) is 4.79 Å². The summed E-state index contributed by atoms with van der Waals surface area (Å²) in [6.07, 6.45) is 1.60. The molecule has 1 aliphatic rings. The summed E-state index contributed by atoms with van der Waals surface area (Å²) in [5.41, 5.74) is 7.84. The van der Waals surface area contributed by atoms with E-state index in [-0.39, 0.29) is 5.91 Å². The van der Waals surface area contributed by atoms with Crippen LogP contribution in [0.25, 0.3) is 10.8 Å². The molecule has 0 bridgehead atoms. The van der Waals surface area contributed by atoms with Gasteiger partial charge in [-0.3, -0.25) is 9.69 Å². The van der Waals surface area contributed by atoms with E-state index in [1.807, 2.05) is 36.4 Å². The minimum Gasteiger partial charge on any atom is -0.496 e. The quantitative estimate of drug-likeness (QED) is 0.286. The summed E-state index contributed by atoms with van der Waals surface area (Å²) in [4.78, 5) is 24.0. The van der Waals surface area contributed by atoms with E-state index in [4.69, 9.17) is 19.9 Å². The summed E-state index contributed by atoms with van der Waals surface area (Å²) in [6.45, 7) is 4.48. The molecule has 10 nitrogen and oxygen atoms in total. The third kappa shape index (κ3) is 5.93. The molecular formula is C28H30N6O4. The Balaban J connectivity index is 1.28. The minimum atomic E-state index is -0.216. The number of nitrogen functional groups attached to an aromatic ring is 1. The number of amides is 1. The first kappa shape index (κ1) is 25.2. The lowest BCUT2D eigenvalue weighted by molar-refractivity contribution is 0.0383. The molecule has 0 saturated carbocycles. The zero-order valence-corrected chi connectivity index (χ0v) is 21.1. The fourth-order valence-corrected chi connectivity index (χ4v) is 4.30. The number of ether oxygens (including phenoxy) is 3. The summed E-state index contributed by atoms with van der Waals surface area (Å²) in [5.74, 6) is 1.60. The summed E-state index contributed by atoms with van der Waals surface area (Å²) >= 11 is 0. The fourth-order valence-electron chi connectivity index (χ4n) is 4.30. The van der Waals surface area contributed by atoms with Crippen molar-refractivity contribution in [2.24, 2.45) is 0 Å². The first-order chi connectivity index (χ1) is 18.6. The monoisotopic (exact) mass is 514 g/mol. The predicted octanol–water partition coefficient (Wildman–Crippen LogP) is 3.82. The maximum absolute atomic E-state index is 12.9. The molecule has 5 rings (SSSR count). The van der Waals surface area contributed by atoms with Crippen LogP contribution < -0.4 is 25.8 Å². The van der Waals surface area contributed by atoms with Gasteiger partial charge in [-0.25, -0.2) is 4.98 Å². The highest BCUT2D eigenvalue weighted by atomic mass is 16.5. The van der Waals surface area contributed by atoms with Crippen molar-refractivity contribution >= 4 is 34.0 Å². The topological polar surface area (TPSA) is 124 Å². The lowest BCUT2D eigenvalue weighted by atomic mass is 10.1. The van der Waals surface area contributed by atoms with Crippen LogP contribution in [-0.4, -0.2) is 67.3 Å². The van der Waals surface area contributed by atoms with Crippen LogP contribution in [0.15, 0.2) is 66.9 Å². The van der Waals surface area contributed by atoms with Crippen molar-refractivity contribution in [2.75, 3.05) is 57.6 Å². The van der Waals surface area contributed by atoms with Crippen LogP contribution >= 0.6 is 0 Å². The van der Waals surface area contributed by atoms with Crippen molar-refractivity contribution in [3.63, 3.8) is 0 Å². The Morgan fingerprint density at radius 2 is 1.84 bits per heavy atom. The van der Waals surface area contributed by atoms with E-state index < -0.39 is 0 Å². The molecule has 0 atom stereocenters. The second-order valence-corrected chi connectivity index (χ2v) is 8.77. The molecule has 0 spiro atoms. The average Bonchev–Trinajstić information content (AvgIpc) is 2.95. The normalized spacial score (nSPS) is 13.7. The predicted molar refractivity (Wildman–Crippen MR) is 146 cm³/mol. The second kappa shape index (κ2) is 11.8. The van der Waals surface area contributed by atoms with E-state index in [1.165, 1.54) is 7.11 Å². The van der Waals surface area contributed by atoms with Crippen LogP contribution in [0.5, 0.6) is 17.4 Å². The molecule has 4 N–H and O–H groups in total. The zero-order chi connectivity index (χ0) is 26.3. The highest BCUT2D eigenvalue weighted by molar-refractivity contribution is 5.98. The molecular weight excluding hydrogens is 484 g/mol. The fraction of sp³-hybridized carbons (Fsp3) is 0.250. The molecule has 4 aromatic rings. The lowest BCUT2D eigenvalue weighted by Crippen LogP contribution is -2.41. The van der Waals surface area contributed by atoms with Gasteiger partial charge in [0.15, 0.2) is 0 Å². The number of carbonyl (C=O) groups excluding carboxylic acids is 1. The van der Waals surface area contributed by atoms with Crippen LogP contribution in [0.1, 0.15) is 10.4 Å². The van der Waals surface area contributed by atoms with Crippen molar-refractivity contribution in [2.45, 2.75) is 0 Å². The van der Waals surface area contributed by atoms with Crippen molar-refractivity contribution in [3.8, 4) is 17.4 Å². The van der Waals surface area contributed by atoms with Crippen LogP contribution in [0.4, 0.5) is 17.3 Å². The number of benzene rings is 3. The molecule has 3 aromatic carbocycles. The number of nitrogens with two attached hydrogens (primary N) is 1. The number of rotatable bonds is 9. The number of morpholine rings is 1. The Morgan fingerprint density at radius 3 is 2.66 bits per heavy atom. The van der Waals surface area contributed by atoms with E-state index >= 15 is 0 Å². The van der Waals surface area contributed by atoms with Crippen molar-refractivity contribution in [1.29, 1.82) is 0 Å². The van der Waals surface area contributed by atoms with E-state index in [1.54, 1.807) is 30.5 Å². The molecule has 0 radical (unpaired) electrons. The van der Waals surface area contributed by atoms with Gasteiger partial charge in [0.1, 0.15) is 11.5 Å². The Kier molecular flexibility index (Phi) is 7.81. The number of nitrogens with one attached hydrogen (secondary N) is 2. The number of anilines is 3. The molecule has 0 unspecified atom stereocenters. The molecule has 2 heterocycles. The summed E-state index contributed by atoms with van der Waals surface area (Å²) in [5, 5.41) is 7.93. The van der Waals surface area contributed by atoms with Gasteiger partial charge in [0, 0.05) is 60.6 Å². The van der Waals surface area contributed by atoms with Gasteiger partial charge >= 0.3 is 0 Å². The maximum atomic E-state index is 12.9. The Morgan fingerprint density at radius 1 is 1.05 bits per heavy atom. The van der Waals surface area contributed by atoms with Crippen molar-refractivity contribution in [1.82, 2.24) is 20.2 Å². The average molecular weight is 515 g/mol. The third-order valence-electron chi connectivity index (χ3n) is 6.28. The Bertz CT molecular complexity index is 1420. The molecule has 1 aromatic heterocycles. The SMILES string of the molecule is COc1ccc(Nc2nccc(Oc3ccc(N)c4ccccc34)n2)cc1C(=O)NCCN1CCOCC1. The number of hydrogen-bond donors (Lipinski definition) is 3. The standard InChI is InChI=1S/C28H30N6O4/c1-36-24-8-6-19(18-22(24)27(35)30-12-13-34-14-16-37-17-15-34)32-28-31-11-10-26(33-28)38-25-9-7-23(29)20-4-2-3-5-21(20)25/h2-11,18H,12-17,29H2,1H3,(H,30,35)(H,31,32,33). The van der Waals surface area contributed by atoms with E-state index in [2.05, 4.69) is 25.5 Å². The van der Waals surface area contributed by atoms with Gasteiger partial charge in [0.2, 0.25) is 11.8 Å². The maximum Gasteiger partial charge on any atom is 0.255 e. The Hall–Kier alpha value is -4.41. The van der Waals surface area contributed by atoms with Crippen LogP contribution in [0, 0.1) is 0 Å². The minimum absolute atomic E-state index is 0.216. The van der Waals surface area contributed by atoms with Crippen molar-refractivity contribution in [3.05, 3.63) is 72.4 Å². The number of carbonyl (C=O) groups is 1. The third-order valence-corrected chi connectivity index (χ3v) is 6.28. The van der Waals surface area contributed by atoms with Crippen LogP contribution in [0.2, 0.25) is 0 Å². The van der Waals surface area contributed by atoms with Gasteiger partial charge in [0.25, 0.3) is 5.91 Å². The largest absolute Gasteiger partial charge is 0.496 e. The van der Waals surface area contributed by atoms with Gasteiger partial charge in [-0.2, -0.15) is 4.98 Å². The molecule has 38 heavy (non-hydrogen) atoms. The van der Waals surface area contributed by atoms with Gasteiger partial charge in [-0.15, -0.1) is 0 Å². The first-order valence-corrected chi connectivity index (χ1v) is 12.4. The number of aromatic nitrogens is 2. The number of fused-ring (bicyclic) bond motifs is 1. The van der Waals surface area contributed by atoms with Gasteiger partial charge in [0.05, 0.1) is 25.9 Å². The van der Waals surface area contributed by atoms with Crippen LogP contribution in [0.3, 0.4) is 0 Å². The molecule has 1 aliphatic heterocycles. The summed E-state index contributed by atoms with van der Waals surface area (Å²) in [6, 6.07) is 18.3. The van der Waals surface area contributed by atoms with Gasteiger partial charge in [-0.05, 0) is 30.3 Å². The highest BCUT2D eigenvalue weighted by Crippen LogP contribution is 2.33. The van der Waals surface area contributed by atoms with Gasteiger partial charge in [-0.1, -0.05) is 24.3 Å². The molecule has 1 fully saturated rings. The van der Waals surface area contributed by atoms with Crippen molar-refractivity contribution < 1.29 is 19.0 Å². The molecule has 1 amide bonds. The smallest absolute Gasteiger partial charge is 0.255 e. The first-order valence-electron chi connectivity index (χ1n) is 12.4. The number of methoxy groups -OCH3 is 1. The second-order valence-electron chi connectivity index (χ2n) is 8.77. The summed E-state index contributed by atoms with van der Waals surface area (Å²) < 4.78 is 16.9. The Labute approximate surface area is 220 Å². The molecule has 196 valence electrons. The molecule has 0 aliphatic carbocycles. The molecule has 10 heteroatoms. The zero-order valence-electron chi connectivity index (χ0n) is 21.1. The van der Waals surface area contributed by atoms with Gasteiger partial charge < -0.3 is 30.6 Å². The number of nitrogens with zero attached hydrogens (tertiary/aromatic N) is 3. The lowest BCUT2D eigenvalue weighted by Gasteiger charge is -2.26.